The number of nitrogens with two attached hydrogens (primary N) is 1. The summed E-state index contributed by atoms with van der Waals surface area (Å²) >= 11 is 2.26. The molecule has 0 saturated heterocycles. The normalized spacial score (nSPS) is 11.4. The Labute approximate surface area is 92.6 Å². The maximum atomic E-state index is 5.70. The van der Waals surface area contributed by atoms with Gasteiger partial charge in [-0.15, -0.1) is 0 Å². The standard InChI is InChI=1S/C10H14INO/c1-10(2,7-12)13-9-5-3-4-8(11)6-9/h3-6H,7,12H2,1-2H3. The summed E-state index contributed by atoms with van der Waals surface area (Å²) in [7, 11) is 0. The molecule has 2 N–H and O–H groups in total. The molecule has 0 aliphatic carbocycles. The van der Waals surface area contributed by atoms with Gasteiger partial charge < -0.3 is 10.5 Å². The van der Waals surface area contributed by atoms with Crippen molar-refractivity contribution in [1.29, 1.82) is 0 Å². The molecular formula is C10H14INO. The Morgan fingerprint density at radius 1 is 1.46 bits per heavy atom. The van der Waals surface area contributed by atoms with Crippen LogP contribution < -0.4 is 10.5 Å². The van der Waals surface area contributed by atoms with E-state index < -0.39 is 0 Å². The first-order valence-electron chi connectivity index (χ1n) is 4.18. The lowest BCUT2D eigenvalue weighted by atomic mass is 10.1. The fraction of sp³-hybridized carbons (Fsp3) is 0.400. The predicted octanol–water partition coefficient (Wildman–Crippen LogP) is 2.41. The van der Waals surface area contributed by atoms with Crippen LogP contribution >= 0.6 is 22.6 Å². The van der Waals surface area contributed by atoms with Crippen molar-refractivity contribution < 1.29 is 4.74 Å². The smallest absolute Gasteiger partial charge is 0.121 e. The summed E-state index contributed by atoms with van der Waals surface area (Å²) < 4.78 is 6.87. The van der Waals surface area contributed by atoms with E-state index in [1.54, 1.807) is 0 Å². The Hall–Kier alpha value is -0.290. The summed E-state index contributed by atoms with van der Waals surface area (Å²) in [5, 5.41) is 0. The maximum absolute atomic E-state index is 5.70. The second kappa shape index (κ2) is 4.28. The SMILES string of the molecule is CC(C)(CN)Oc1cccc(I)c1. The molecule has 0 atom stereocenters. The molecule has 3 heteroatoms. The summed E-state index contributed by atoms with van der Waals surface area (Å²) in [6.45, 7) is 4.47. The average Bonchev–Trinajstić information content (AvgIpc) is 2.03. The highest BCUT2D eigenvalue weighted by atomic mass is 127. The molecule has 0 amide bonds. The average molecular weight is 291 g/mol. The van der Waals surface area contributed by atoms with Gasteiger partial charge in [0.15, 0.2) is 0 Å². The second-order valence-corrected chi connectivity index (χ2v) is 4.77. The van der Waals surface area contributed by atoms with Gasteiger partial charge in [0.25, 0.3) is 0 Å². The van der Waals surface area contributed by atoms with Crippen LogP contribution in [0.1, 0.15) is 13.8 Å². The van der Waals surface area contributed by atoms with Crippen LogP contribution in [0, 0.1) is 3.57 Å². The number of benzene rings is 1. The van der Waals surface area contributed by atoms with Crippen molar-refractivity contribution in [3.63, 3.8) is 0 Å². The molecule has 13 heavy (non-hydrogen) atoms. The minimum atomic E-state index is -0.287. The molecule has 2 nitrogen and oxygen atoms in total. The van der Waals surface area contributed by atoms with E-state index in [1.165, 1.54) is 3.57 Å². The van der Waals surface area contributed by atoms with Gasteiger partial charge in [-0.05, 0) is 54.6 Å². The van der Waals surface area contributed by atoms with Gasteiger partial charge in [0.1, 0.15) is 11.4 Å². The number of ether oxygens (including phenoxy) is 1. The lowest BCUT2D eigenvalue weighted by Crippen LogP contribution is -2.37. The van der Waals surface area contributed by atoms with E-state index in [0.717, 1.165) is 5.75 Å². The third-order valence-corrected chi connectivity index (χ3v) is 2.35. The zero-order valence-corrected chi connectivity index (χ0v) is 10.0. The third kappa shape index (κ3) is 3.52. The van der Waals surface area contributed by atoms with Gasteiger partial charge in [0, 0.05) is 10.1 Å². The highest BCUT2D eigenvalue weighted by Gasteiger charge is 2.16. The molecule has 0 unspecified atom stereocenters. The highest BCUT2D eigenvalue weighted by Crippen LogP contribution is 2.19. The van der Waals surface area contributed by atoms with Gasteiger partial charge in [-0.25, -0.2) is 0 Å². The Balaban J connectivity index is 2.74. The minimum Gasteiger partial charge on any atom is -0.487 e. The quantitative estimate of drug-likeness (QED) is 0.868. The Morgan fingerprint density at radius 3 is 2.69 bits per heavy atom. The van der Waals surface area contributed by atoms with E-state index in [1.807, 2.05) is 38.1 Å². The van der Waals surface area contributed by atoms with Crippen LogP contribution in [0.3, 0.4) is 0 Å². The molecule has 0 saturated carbocycles. The van der Waals surface area contributed by atoms with Crippen molar-refractivity contribution in [2.75, 3.05) is 6.54 Å². The molecule has 0 spiro atoms. The minimum absolute atomic E-state index is 0.287. The molecule has 0 aliphatic heterocycles. The largest absolute Gasteiger partial charge is 0.487 e. The monoisotopic (exact) mass is 291 g/mol. The first-order valence-corrected chi connectivity index (χ1v) is 5.26. The summed E-state index contributed by atoms with van der Waals surface area (Å²) in [5.74, 6) is 0.877. The predicted molar refractivity (Wildman–Crippen MR) is 62.9 cm³/mol. The Morgan fingerprint density at radius 2 is 2.15 bits per heavy atom. The molecule has 0 aliphatic rings. The zero-order valence-electron chi connectivity index (χ0n) is 7.88. The topological polar surface area (TPSA) is 35.2 Å². The van der Waals surface area contributed by atoms with Crippen molar-refractivity contribution in [3.05, 3.63) is 27.8 Å². The molecule has 1 aromatic rings. The van der Waals surface area contributed by atoms with Crippen LogP contribution in [0.5, 0.6) is 5.75 Å². The van der Waals surface area contributed by atoms with E-state index in [2.05, 4.69) is 22.6 Å². The van der Waals surface area contributed by atoms with Crippen LogP contribution in [0.25, 0.3) is 0 Å². The Bertz CT molecular complexity index is 286. The first-order chi connectivity index (χ1) is 6.03. The van der Waals surface area contributed by atoms with Crippen LogP contribution in [-0.4, -0.2) is 12.1 Å². The van der Waals surface area contributed by atoms with Gasteiger partial charge >= 0.3 is 0 Å². The fourth-order valence-corrected chi connectivity index (χ4v) is 1.41. The van der Waals surface area contributed by atoms with Crippen LogP contribution in [-0.2, 0) is 0 Å². The van der Waals surface area contributed by atoms with Crippen LogP contribution in [0.4, 0.5) is 0 Å². The summed E-state index contributed by atoms with van der Waals surface area (Å²) in [4.78, 5) is 0. The molecule has 0 bridgehead atoms. The lowest BCUT2D eigenvalue weighted by Gasteiger charge is -2.24. The lowest BCUT2D eigenvalue weighted by molar-refractivity contribution is 0.118. The molecule has 0 radical (unpaired) electrons. The van der Waals surface area contributed by atoms with Crippen molar-refractivity contribution >= 4 is 22.6 Å². The van der Waals surface area contributed by atoms with Crippen LogP contribution in [0.15, 0.2) is 24.3 Å². The molecule has 1 rings (SSSR count). The van der Waals surface area contributed by atoms with E-state index in [-0.39, 0.29) is 5.60 Å². The highest BCUT2D eigenvalue weighted by molar-refractivity contribution is 14.1. The van der Waals surface area contributed by atoms with E-state index >= 15 is 0 Å². The summed E-state index contributed by atoms with van der Waals surface area (Å²) in [6.07, 6.45) is 0. The molecular weight excluding hydrogens is 277 g/mol. The molecule has 0 heterocycles. The van der Waals surface area contributed by atoms with Crippen molar-refractivity contribution in [2.24, 2.45) is 5.73 Å². The number of hydrogen-bond donors (Lipinski definition) is 1. The van der Waals surface area contributed by atoms with Gasteiger partial charge in [0.2, 0.25) is 0 Å². The van der Waals surface area contributed by atoms with Crippen molar-refractivity contribution in [2.45, 2.75) is 19.4 Å². The molecule has 72 valence electrons. The summed E-state index contributed by atoms with van der Waals surface area (Å²) in [5.41, 5.74) is 5.28. The van der Waals surface area contributed by atoms with Gasteiger partial charge in [-0.3, -0.25) is 0 Å². The zero-order chi connectivity index (χ0) is 9.90. The van der Waals surface area contributed by atoms with Crippen LogP contribution in [0.2, 0.25) is 0 Å². The summed E-state index contributed by atoms with van der Waals surface area (Å²) in [6, 6.07) is 7.95. The third-order valence-electron chi connectivity index (χ3n) is 1.68. The van der Waals surface area contributed by atoms with Gasteiger partial charge in [0.05, 0.1) is 0 Å². The Kier molecular flexibility index (Phi) is 3.55. The second-order valence-electron chi connectivity index (χ2n) is 3.52. The van der Waals surface area contributed by atoms with Crippen molar-refractivity contribution in [1.82, 2.24) is 0 Å². The first kappa shape index (κ1) is 10.8. The van der Waals surface area contributed by atoms with E-state index in [4.69, 9.17) is 10.5 Å². The molecule has 0 aromatic heterocycles. The van der Waals surface area contributed by atoms with Gasteiger partial charge in [-0.2, -0.15) is 0 Å². The van der Waals surface area contributed by atoms with Crippen molar-refractivity contribution in [3.8, 4) is 5.75 Å². The maximum Gasteiger partial charge on any atom is 0.121 e. The molecule has 1 aromatic carbocycles. The number of hydrogen-bond acceptors (Lipinski definition) is 2. The number of halogens is 1. The fourth-order valence-electron chi connectivity index (χ4n) is 0.891. The van der Waals surface area contributed by atoms with Gasteiger partial charge in [-0.1, -0.05) is 6.07 Å². The van der Waals surface area contributed by atoms with E-state index in [9.17, 15) is 0 Å². The number of rotatable bonds is 3. The van der Waals surface area contributed by atoms with E-state index in [0.29, 0.717) is 6.54 Å². The molecule has 0 fully saturated rings.